The molecule has 4 aromatic rings. The molecule has 11 heteroatoms. The van der Waals surface area contributed by atoms with Gasteiger partial charge in [0, 0.05) is 87.1 Å². The van der Waals surface area contributed by atoms with Crippen molar-refractivity contribution in [3.63, 3.8) is 0 Å². The van der Waals surface area contributed by atoms with Gasteiger partial charge in [0.2, 0.25) is 0 Å². The number of amides is 3. The number of benzene rings is 3. The molecule has 5 heterocycles. The van der Waals surface area contributed by atoms with Crippen LogP contribution in [0.5, 0.6) is 5.75 Å². The predicted molar refractivity (Wildman–Crippen MR) is 192 cm³/mol. The Morgan fingerprint density at radius 3 is 2.31 bits per heavy atom. The second-order valence-corrected chi connectivity index (χ2v) is 14.2. The first-order valence-corrected chi connectivity index (χ1v) is 17.9. The van der Waals surface area contributed by atoms with Crippen molar-refractivity contribution >= 4 is 23.6 Å². The summed E-state index contributed by atoms with van der Waals surface area (Å²) in [6.07, 6.45) is 2.38. The summed E-state index contributed by atoms with van der Waals surface area (Å²) >= 11 is 0. The predicted octanol–water partition coefficient (Wildman–Crippen LogP) is 5.37. The first kappa shape index (κ1) is 33.0. The molecule has 51 heavy (non-hydrogen) atoms. The van der Waals surface area contributed by atoms with Gasteiger partial charge in [-0.3, -0.25) is 19.4 Å². The standard InChI is InChI=1S/C40H43N5O6/c1-41(30-9-11-32(46)12-10-30)38(47)35-21-37(44-13-5-4-8-36(35)44)33-19-28-22-43(40(49)50)23-29(28)20-34(33)39(48)45-24-27-7-3-2-6-26(27)18-31(45)25-42-14-16-51-17-15-42/h2-3,6-7,9-12,19-21,31,46H,4-5,8,13-18,22-25H2,1H3,(H,49,50)/t31-/m0/s1. The quantitative estimate of drug-likeness (QED) is 0.280. The number of hydrogen-bond donors (Lipinski definition) is 2. The fraction of sp³-hybridized carbons (Fsp3) is 0.375. The molecule has 1 atom stereocenters. The molecule has 1 fully saturated rings. The number of aromatic nitrogens is 1. The minimum Gasteiger partial charge on any atom is -0.508 e. The average molecular weight is 690 g/mol. The van der Waals surface area contributed by atoms with Gasteiger partial charge in [-0.15, -0.1) is 0 Å². The highest BCUT2D eigenvalue weighted by Gasteiger charge is 2.36. The van der Waals surface area contributed by atoms with Gasteiger partial charge in [0.25, 0.3) is 11.8 Å². The van der Waals surface area contributed by atoms with E-state index in [1.807, 2.05) is 29.2 Å². The van der Waals surface area contributed by atoms with Crippen molar-refractivity contribution in [2.75, 3.05) is 44.8 Å². The summed E-state index contributed by atoms with van der Waals surface area (Å²) in [5.41, 5.74) is 8.34. The molecule has 3 aromatic carbocycles. The zero-order valence-corrected chi connectivity index (χ0v) is 28.9. The Balaban J connectivity index is 1.23. The van der Waals surface area contributed by atoms with E-state index in [1.54, 1.807) is 36.2 Å². The smallest absolute Gasteiger partial charge is 0.407 e. The van der Waals surface area contributed by atoms with Gasteiger partial charge in [-0.2, -0.15) is 0 Å². The zero-order chi connectivity index (χ0) is 35.2. The highest BCUT2D eigenvalue weighted by atomic mass is 16.5. The van der Waals surface area contributed by atoms with E-state index in [4.69, 9.17) is 4.74 Å². The van der Waals surface area contributed by atoms with Crippen molar-refractivity contribution in [3.8, 4) is 17.0 Å². The van der Waals surface area contributed by atoms with Crippen molar-refractivity contribution in [2.45, 2.75) is 57.9 Å². The first-order chi connectivity index (χ1) is 24.7. The number of rotatable bonds is 6. The number of nitrogens with zero attached hydrogens (tertiary/aromatic N) is 5. The van der Waals surface area contributed by atoms with Crippen LogP contribution in [-0.4, -0.2) is 93.3 Å². The molecule has 0 aliphatic carbocycles. The Bertz CT molecular complexity index is 2000. The van der Waals surface area contributed by atoms with Crippen LogP contribution in [-0.2, 0) is 43.8 Å². The number of carboxylic acid groups (broad SMARTS) is 1. The summed E-state index contributed by atoms with van der Waals surface area (Å²) in [6, 6.07) is 20.7. The normalized spacial score (nSPS) is 18.6. The maximum absolute atomic E-state index is 15.1. The molecule has 0 saturated carbocycles. The second kappa shape index (κ2) is 13.5. The summed E-state index contributed by atoms with van der Waals surface area (Å²) in [5.74, 6) is -0.126. The number of morpholine rings is 1. The van der Waals surface area contributed by atoms with Crippen LogP contribution < -0.4 is 4.90 Å². The second-order valence-electron chi connectivity index (χ2n) is 14.2. The van der Waals surface area contributed by atoms with Crippen LogP contribution in [0.2, 0.25) is 0 Å². The van der Waals surface area contributed by atoms with E-state index < -0.39 is 6.09 Å². The molecular weight excluding hydrogens is 646 g/mol. The van der Waals surface area contributed by atoms with E-state index >= 15 is 4.79 Å². The lowest BCUT2D eigenvalue weighted by Gasteiger charge is -2.40. The summed E-state index contributed by atoms with van der Waals surface area (Å²) in [5, 5.41) is 19.7. The van der Waals surface area contributed by atoms with E-state index in [-0.39, 0.29) is 36.7 Å². The van der Waals surface area contributed by atoms with Crippen molar-refractivity contribution in [3.05, 3.63) is 106 Å². The molecule has 2 N–H and O–H groups in total. The van der Waals surface area contributed by atoms with E-state index in [9.17, 15) is 19.8 Å². The molecule has 4 aliphatic rings. The number of phenolic OH excluding ortho intramolecular Hbond substituents is 1. The molecule has 0 unspecified atom stereocenters. The molecule has 3 amide bonds. The fourth-order valence-electron chi connectivity index (χ4n) is 8.26. The van der Waals surface area contributed by atoms with Gasteiger partial charge in [-0.25, -0.2) is 4.79 Å². The van der Waals surface area contributed by atoms with Gasteiger partial charge in [-0.1, -0.05) is 24.3 Å². The van der Waals surface area contributed by atoms with Crippen LogP contribution >= 0.6 is 0 Å². The Hall–Kier alpha value is -5.13. The Morgan fingerprint density at radius 1 is 0.843 bits per heavy atom. The van der Waals surface area contributed by atoms with Crippen LogP contribution in [0.3, 0.4) is 0 Å². The van der Waals surface area contributed by atoms with Crippen LogP contribution in [0.1, 0.15) is 61.5 Å². The summed E-state index contributed by atoms with van der Waals surface area (Å²) in [4.78, 5) is 48.7. The van der Waals surface area contributed by atoms with Gasteiger partial charge in [0.15, 0.2) is 0 Å². The number of aromatic hydroxyl groups is 1. The SMILES string of the molecule is CN(C(=O)c1cc(-c2cc3c(cc2C(=O)N2Cc4ccccc4C[C@H]2CN2CCOCC2)CN(C(=O)O)C3)n2c1CCCC2)c1ccc(O)cc1. The molecule has 1 saturated heterocycles. The third kappa shape index (κ3) is 6.25. The van der Waals surface area contributed by atoms with Gasteiger partial charge >= 0.3 is 6.09 Å². The number of ether oxygens (including phenoxy) is 1. The number of phenols is 1. The lowest BCUT2D eigenvalue weighted by Crippen LogP contribution is -2.52. The summed E-state index contributed by atoms with van der Waals surface area (Å²) in [6.45, 7) is 5.38. The molecule has 8 rings (SSSR count). The maximum Gasteiger partial charge on any atom is 0.407 e. The van der Waals surface area contributed by atoms with E-state index in [1.165, 1.54) is 10.5 Å². The Morgan fingerprint density at radius 2 is 1.57 bits per heavy atom. The molecule has 0 spiro atoms. The lowest BCUT2D eigenvalue weighted by atomic mass is 9.91. The molecular formula is C40H43N5O6. The van der Waals surface area contributed by atoms with E-state index in [0.717, 1.165) is 79.0 Å². The molecule has 0 bridgehead atoms. The topological polar surface area (TPSA) is 119 Å². The van der Waals surface area contributed by atoms with Crippen molar-refractivity contribution < 1.29 is 29.3 Å². The fourth-order valence-corrected chi connectivity index (χ4v) is 8.26. The third-order valence-corrected chi connectivity index (χ3v) is 11.1. The number of carbonyl (C=O) groups excluding carboxylic acids is 2. The molecule has 264 valence electrons. The monoisotopic (exact) mass is 689 g/mol. The van der Waals surface area contributed by atoms with Crippen LogP contribution in [0.4, 0.5) is 10.5 Å². The molecule has 1 aromatic heterocycles. The minimum atomic E-state index is -0.996. The summed E-state index contributed by atoms with van der Waals surface area (Å²) in [7, 11) is 1.73. The minimum absolute atomic E-state index is 0.0561. The van der Waals surface area contributed by atoms with Gasteiger partial charge < -0.3 is 29.3 Å². The highest BCUT2D eigenvalue weighted by Crippen LogP contribution is 2.38. The van der Waals surface area contributed by atoms with Crippen LogP contribution in [0.25, 0.3) is 11.3 Å². The zero-order valence-electron chi connectivity index (χ0n) is 28.9. The first-order valence-electron chi connectivity index (χ1n) is 17.9. The maximum atomic E-state index is 15.1. The van der Waals surface area contributed by atoms with Gasteiger partial charge in [0.1, 0.15) is 5.75 Å². The number of carbonyl (C=O) groups is 3. The van der Waals surface area contributed by atoms with Gasteiger partial charge in [0.05, 0.1) is 18.8 Å². The third-order valence-electron chi connectivity index (χ3n) is 11.1. The molecule has 0 radical (unpaired) electrons. The summed E-state index contributed by atoms with van der Waals surface area (Å²) < 4.78 is 7.82. The molecule has 4 aliphatic heterocycles. The van der Waals surface area contributed by atoms with Gasteiger partial charge in [-0.05, 0) is 90.4 Å². The van der Waals surface area contributed by atoms with Crippen LogP contribution in [0, 0.1) is 0 Å². The number of hydrogen-bond acceptors (Lipinski definition) is 6. The highest BCUT2D eigenvalue weighted by molar-refractivity contribution is 6.08. The largest absolute Gasteiger partial charge is 0.508 e. The number of fused-ring (bicyclic) bond motifs is 3. The average Bonchev–Trinajstić information content (AvgIpc) is 3.76. The number of anilines is 1. The van der Waals surface area contributed by atoms with Crippen molar-refractivity contribution in [1.82, 2.24) is 19.3 Å². The Labute approximate surface area is 297 Å². The van der Waals surface area contributed by atoms with Crippen LogP contribution in [0.15, 0.2) is 66.7 Å². The van der Waals surface area contributed by atoms with E-state index in [0.29, 0.717) is 43.1 Å². The molecule has 11 nitrogen and oxygen atoms in total. The lowest BCUT2D eigenvalue weighted by molar-refractivity contribution is 0.0193. The Kier molecular flexibility index (Phi) is 8.77. The van der Waals surface area contributed by atoms with E-state index in [2.05, 4.69) is 27.7 Å². The van der Waals surface area contributed by atoms with Crippen molar-refractivity contribution in [2.24, 2.45) is 0 Å². The van der Waals surface area contributed by atoms with Crippen molar-refractivity contribution in [1.29, 1.82) is 0 Å².